The van der Waals surface area contributed by atoms with Crippen LogP contribution in [-0.4, -0.2) is 52.1 Å². The van der Waals surface area contributed by atoms with E-state index in [1.807, 2.05) is 24.3 Å². The molecule has 31 heavy (non-hydrogen) atoms. The molecule has 2 fully saturated rings. The first-order chi connectivity index (χ1) is 15.1. The van der Waals surface area contributed by atoms with Crippen LogP contribution in [0.3, 0.4) is 0 Å². The number of ketones is 1. The highest BCUT2D eigenvalue weighted by Crippen LogP contribution is 2.44. The number of thiazole rings is 1. The van der Waals surface area contributed by atoms with Crippen molar-refractivity contribution in [3.05, 3.63) is 35.5 Å². The van der Waals surface area contributed by atoms with Crippen LogP contribution < -0.4 is 0 Å². The normalized spacial score (nSPS) is 34.3. The molecule has 0 spiro atoms. The van der Waals surface area contributed by atoms with Gasteiger partial charge in [-0.25, -0.2) is 4.98 Å². The van der Waals surface area contributed by atoms with Gasteiger partial charge in [-0.1, -0.05) is 31.9 Å². The number of hydrogen-bond donors (Lipinski definition) is 1. The predicted molar refractivity (Wildman–Crippen MR) is 124 cm³/mol. The number of piperidine rings is 1. The predicted octanol–water partition coefficient (Wildman–Crippen LogP) is 4.50. The Balaban J connectivity index is 1.44. The summed E-state index contributed by atoms with van der Waals surface area (Å²) in [4.78, 5) is 20.8. The first-order valence-corrected chi connectivity index (χ1v) is 12.6. The van der Waals surface area contributed by atoms with Gasteiger partial charge in [-0.05, 0) is 50.8 Å². The summed E-state index contributed by atoms with van der Waals surface area (Å²) in [5.41, 5.74) is 1.51. The number of hydrogen-bond acceptors (Lipinski definition) is 6. The molecule has 2 aliphatic heterocycles. The Kier molecular flexibility index (Phi) is 5.88. The molecule has 6 unspecified atom stereocenters. The van der Waals surface area contributed by atoms with Crippen molar-refractivity contribution in [2.24, 2.45) is 17.8 Å². The van der Waals surface area contributed by atoms with Gasteiger partial charge in [-0.15, -0.1) is 11.3 Å². The molecular weight excluding hydrogens is 408 g/mol. The first kappa shape index (κ1) is 21.1. The standard InChI is InChI=1S/C25H32N2O3S/c1-3-16-12-17-23(29)19(25-26-20-9-4-5-10-21(20)31-25)14-30-24(17)18(22(16)28)13-27-11-7-6-8-15(27)2/h4-5,9-10,14-18,22,24,28H,3,6-8,11-13H2,1-2H3. The maximum atomic E-state index is 13.6. The van der Waals surface area contributed by atoms with Crippen LogP contribution in [0.2, 0.25) is 0 Å². The number of benzene rings is 1. The third-order valence-electron chi connectivity index (χ3n) is 7.68. The number of fused-ring (bicyclic) bond motifs is 2. The lowest BCUT2D eigenvalue weighted by Gasteiger charge is -2.48. The van der Waals surface area contributed by atoms with E-state index in [4.69, 9.17) is 9.72 Å². The second-order valence-corrected chi connectivity index (χ2v) is 10.5. The van der Waals surface area contributed by atoms with Gasteiger partial charge < -0.3 is 14.7 Å². The second kappa shape index (κ2) is 8.64. The van der Waals surface area contributed by atoms with E-state index in [1.54, 1.807) is 17.6 Å². The fourth-order valence-corrected chi connectivity index (χ4v) is 6.74. The number of rotatable bonds is 4. The van der Waals surface area contributed by atoms with Crippen LogP contribution in [-0.2, 0) is 9.53 Å². The molecule has 6 heteroatoms. The first-order valence-electron chi connectivity index (χ1n) is 11.7. The van der Waals surface area contributed by atoms with Gasteiger partial charge in [0, 0.05) is 18.5 Å². The van der Waals surface area contributed by atoms with E-state index in [0.717, 1.165) is 34.7 Å². The number of aromatic nitrogens is 1. The lowest BCUT2D eigenvalue weighted by molar-refractivity contribution is -0.141. The number of nitrogens with zero attached hydrogens (tertiary/aromatic N) is 2. The number of allylic oxidation sites excluding steroid dienone is 1. The van der Waals surface area contributed by atoms with E-state index in [2.05, 4.69) is 18.7 Å². The van der Waals surface area contributed by atoms with E-state index in [0.29, 0.717) is 18.0 Å². The second-order valence-electron chi connectivity index (χ2n) is 9.49. The Morgan fingerprint density at radius 2 is 2.13 bits per heavy atom. The molecule has 0 radical (unpaired) electrons. The van der Waals surface area contributed by atoms with Gasteiger partial charge in [0.05, 0.1) is 34.1 Å². The van der Waals surface area contributed by atoms with Gasteiger partial charge >= 0.3 is 0 Å². The molecule has 6 atom stereocenters. The van der Waals surface area contributed by atoms with Crippen molar-refractivity contribution in [3.8, 4) is 0 Å². The summed E-state index contributed by atoms with van der Waals surface area (Å²) in [6.07, 6.45) is 6.21. The summed E-state index contributed by atoms with van der Waals surface area (Å²) in [6.45, 7) is 6.27. The maximum absolute atomic E-state index is 13.6. The number of aliphatic hydroxyl groups is 1. The molecule has 1 saturated carbocycles. The quantitative estimate of drug-likeness (QED) is 0.758. The van der Waals surface area contributed by atoms with Crippen molar-refractivity contribution >= 4 is 32.9 Å². The Morgan fingerprint density at radius 3 is 2.90 bits per heavy atom. The zero-order valence-electron chi connectivity index (χ0n) is 18.4. The van der Waals surface area contributed by atoms with Crippen LogP contribution >= 0.6 is 11.3 Å². The summed E-state index contributed by atoms with van der Waals surface area (Å²) in [7, 11) is 0. The molecule has 0 bridgehead atoms. The summed E-state index contributed by atoms with van der Waals surface area (Å²) >= 11 is 1.55. The number of aliphatic hydroxyl groups excluding tert-OH is 1. The minimum Gasteiger partial charge on any atom is -0.496 e. The SMILES string of the molecule is CCC1CC2C(=O)C(c3nc4ccccc4s3)=COC2C(CN2CCCCC2C)C1O. The molecule has 5 rings (SSSR count). The molecule has 1 N–H and O–H groups in total. The average molecular weight is 441 g/mol. The van der Waals surface area contributed by atoms with Crippen molar-refractivity contribution in [2.45, 2.75) is 64.2 Å². The number of carbonyl (C=O) groups is 1. The highest BCUT2D eigenvalue weighted by atomic mass is 32.1. The summed E-state index contributed by atoms with van der Waals surface area (Å²) in [5.74, 6) is 0.0257. The highest BCUT2D eigenvalue weighted by molar-refractivity contribution is 7.19. The van der Waals surface area contributed by atoms with Crippen molar-refractivity contribution in [1.82, 2.24) is 9.88 Å². The van der Waals surface area contributed by atoms with Crippen LogP contribution in [0, 0.1) is 17.8 Å². The lowest BCUT2D eigenvalue weighted by Crippen LogP contribution is -2.56. The molecule has 5 nitrogen and oxygen atoms in total. The van der Waals surface area contributed by atoms with Crippen LogP contribution in [0.15, 0.2) is 30.5 Å². The largest absolute Gasteiger partial charge is 0.496 e. The Hall–Kier alpha value is -1.76. The van der Waals surface area contributed by atoms with Gasteiger partial charge in [-0.2, -0.15) is 0 Å². The van der Waals surface area contributed by atoms with Crippen LogP contribution in [0.25, 0.3) is 15.8 Å². The van der Waals surface area contributed by atoms with E-state index >= 15 is 0 Å². The smallest absolute Gasteiger partial charge is 0.175 e. The number of para-hydroxylation sites is 1. The van der Waals surface area contributed by atoms with E-state index in [1.165, 1.54) is 19.3 Å². The number of ether oxygens (including phenoxy) is 1. The molecule has 3 aliphatic rings. The zero-order chi connectivity index (χ0) is 21.5. The fraction of sp³-hybridized carbons (Fsp3) is 0.600. The third kappa shape index (κ3) is 3.83. The molecule has 0 amide bonds. The van der Waals surface area contributed by atoms with Crippen molar-refractivity contribution in [3.63, 3.8) is 0 Å². The number of carbonyl (C=O) groups excluding carboxylic acids is 1. The molecule has 3 heterocycles. The highest BCUT2D eigenvalue weighted by Gasteiger charge is 2.50. The number of likely N-dealkylation sites (tertiary alicyclic amines) is 1. The Morgan fingerprint density at radius 1 is 1.29 bits per heavy atom. The van der Waals surface area contributed by atoms with Gasteiger partial charge in [0.25, 0.3) is 0 Å². The summed E-state index contributed by atoms with van der Waals surface area (Å²) < 4.78 is 7.34. The van der Waals surface area contributed by atoms with E-state index in [-0.39, 0.29) is 29.6 Å². The molecule has 2 aromatic rings. The Bertz CT molecular complexity index is 953. The molecule has 1 aromatic heterocycles. The van der Waals surface area contributed by atoms with Gasteiger partial charge in [-0.3, -0.25) is 4.79 Å². The molecule has 1 aromatic carbocycles. The average Bonchev–Trinajstić information content (AvgIpc) is 3.21. The Labute approximate surface area is 188 Å². The van der Waals surface area contributed by atoms with Crippen molar-refractivity contribution in [1.29, 1.82) is 0 Å². The summed E-state index contributed by atoms with van der Waals surface area (Å²) in [6, 6.07) is 8.50. The van der Waals surface area contributed by atoms with Crippen molar-refractivity contribution in [2.75, 3.05) is 13.1 Å². The molecular formula is C25H32N2O3S. The molecule has 1 saturated heterocycles. The number of Topliss-reactive ketones (excluding diaryl/α,β-unsaturated/α-hetero) is 1. The minimum absolute atomic E-state index is 0.0404. The van der Waals surface area contributed by atoms with E-state index < -0.39 is 6.10 Å². The summed E-state index contributed by atoms with van der Waals surface area (Å²) in [5, 5.41) is 11.9. The van der Waals surface area contributed by atoms with E-state index in [9.17, 15) is 9.90 Å². The monoisotopic (exact) mass is 440 g/mol. The molecule has 1 aliphatic carbocycles. The lowest BCUT2D eigenvalue weighted by atomic mass is 9.67. The van der Waals surface area contributed by atoms with Crippen LogP contribution in [0.4, 0.5) is 0 Å². The maximum Gasteiger partial charge on any atom is 0.175 e. The van der Waals surface area contributed by atoms with Gasteiger partial charge in [0.15, 0.2) is 5.78 Å². The fourth-order valence-electron chi connectivity index (χ4n) is 5.76. The van der Waals surface area contributed by atoms with Crippen LogP contribution in [0.1, 0.15) is 51.0 Å². The van der Waals surface area contributed by atoms with Gasteiger partial charge in [0.1, 0.15) is 11.1 Å². The molecule has 166 valence electrons. The topological polar surface area (TPSA) is 62.7 Å². The minimum atomic E-state index is -0.425. The zero-order valence-corrected chi connectivity index (χ0v) is 19.2. The van der Waals surface area contributed by atoms with Crippen LogP contribution in [0.5, 0.6) is 0 Å². The third-order valence-corrected chi connectivity index (χ3v) is 8.75. The van der Waals surface area contributed by atoms with Crippen molar-refractivity contribution < 1.29 is 14.6 Å². The van der Waals surface area contributed by atoms with Gasteiger partial charge in [0.2, 0.25) is 0 Å².